The van der Waals surface area contributed by atoms with Gasteiger partial charge in [0.1, 0.15) is 0 Å². The minimum atomic E-state index is -0.122. The van der Waals surface area contributed by atoms with Crippen molar-refractivity contribution in [1.29, 1.82) is 0 Å². The molecule has 1 aliphatic rings. The van der Waals surface area contributed by atoms with Gasteiger partial charge in [-0.1, -0.05) is 31.5 Å². The number of thiocarbonyl (C=S) groups is 1. The van der Waals surface area contributed by atoms with Crippen molar-refractivity contribution in [2.45, 2.75) is 20.8 Å². The number of rotatable bonds is 4. The Balaban J connectivity index is 1.52. The topological polar surface area (TPSA) is 64.7 Å². The minimum absolute atomic E-state index is 0.0890. The van der Waals surface area contributed by atoms with Crippen LogP contribution in [0.1, 0.15) is 29.8 Å². The van der Waals surface area contributed by atoms with Crippen molar-refractivity contribution in [3.63, 3.8) is 0 Å². The van der Waals surface area contributed by atoms with Crippen LogP contribution in [-0.2, 0) is 4.79 Å². The van der Waals surface area contributed by atoms with Crippen LogP contribution in [0.25, 0.3) is 0 Å². The molecule has 0 spiro atoms. The molecule has 158 valence electrons. The standard InChI is InChI=1S/C23H28N4O2S/c1-16(2)21(28)25-23(30)24-19-8-10-20(11-9-19)26-12-14-27(15-13-26)22(29)18-6-4-17(3)5-7-18/h4-11,16H,12-15H2,1-3H3,(H2,24,25,28,30). The zero-order chi connectivity index (χ0) is 21.7. The number of benzene rings is 2. The minimum Gasteiger partial charge on any atom is -0.368 e. The number of carbonyl (C=O) groups is 2. The highest BCUT2D eigenvalue weighted by Gasteiger charge is 2.22. The third kappa shape index (κ3) is 5.57. The zero-order valence-corrected chi connectivity index (χ0v) is 18.5. The highest BCUT2D eigenvalue weighted by molar-refractivity contribution is 7.80. The van der Waals surface area contributed by atoms with Gasteiger partial charge in [-0.25, -0.2) is 0 Å². The van der Waals surface area contributed by atoms with Crippen molar-refractivity contribution in [2.24, 2.45) is 5.92 Å². The molecule has 30 heavy (non-hydrogen) atoms. The van der Waals surface area contributed by atoms with E-state index in [-0.39, 0.29) is 17.7 Å². The van der Waals surface area contributed by atoms with E-state index in [0.717, 1.165) is 35.6 Å². The van der Waals surface area contributed by atoms with Crippen LogP contribution in [0.5, 0.6) is 0 Å². The van der Waals surface area contributed by atoms with Gasteiger partial charge < -0.3 is 20.4 Å². The Labute approximate surface area is 183 Å². The maximum Gasteiger partial charge on any atom is 0.253 e. The van der Waals surface area contributed by atoms with E-state index >= 15 is 0 Å². The summed E-state index contributed by atoms with van der Waals surface area (Å²) in [4.78, 5) is 28.6. The Morgan fingerprint density at radius 3 is 2.10 bits per heavy atom. The van der Waals surface area contributed by atoms with Crippen LogP contribution in [0.2, 0.25) is 0 Å². The number of nitrogens with zero attached hydrogens (tertiary/aromatic N) is 2. The van der Waals surface area contributed by atoms with Gasteiger partial charge >= 0.3 is 0 Å². The van der Waals surface area contributed by atoms with E-state index in [2.05, 4.69) is 15.5 Å². The van der Waals surface area contributed by atoms with Crippen molar-refractivity contribution in [1.82, 2.24) is 10.2 Å². The highest BCUT2D eigenvalue weighted by atomic mass is 32.1. The summed E-state index contributed by atoms with van der Waals surface area (Å²) in [5.74, 6) is -0.142. The van der Waals surface area contributed by atoms with Gasteiger partial charge in [-0.05, 0) is 55.5 Å². The molecule has 2 amide bonds. The number of carbonyl (C=O) groups excluding carboxylic acids is 2. The van der Waals surface area contributed by atoms with Crippen LogP contribution in [0, 0.1) is 12.8 Å². The van der Waals surface area contributed by atoms with E-state index < -0.39 is 0 Å². The molecule has 2 aromatic carbocycles. The molecule has 0 aromatic heterocycles. The average Bonchev–Trinajstić information content (AvgIpc) is 2.74. The summed E-state index contributed by atoms with van der Waals surface area (Å²) in [6.07, 6.45) is 0. The number of aryl methyl sites for hydroxylation is 1. The molecule has 7 heteroatoms. The lowest BCUT2D eigenvalue weighted by molar-refractivity contribution is -0.122. The fourth-order valence-electron chi connectivity index (χ4n) is 3.22. The summed E-state index contributed by atoms with van der Waals surface area (Å²) < 4.78 is 0. The number of piperazine rings is 1. The molecule has 3 rings (SSSR count). The van der Waals surface area contributed by atoms with Crippen molar-refractivity contribution in [3.05, 3.63) is 59.7 Å². The molecule has 2 N–H and O–H groups in total. The molecule has 0 atom stereocenters. The van der Waals surface area contributed by atoms with E-state index in [9.17, 15) is 9.59 Å². The molecule has 6 nitrogen and oxygen atoms in total. The molecule has 0 radical (unpaired) electrons. The Morgan fingerprint density at radius 1 is 0.933 bits per heavy atom. The van der Waals surface area contributed by atoms with Crippen LogP contribution in [-0.4, -0.2) is 48.0 Å². The molecule has 1 heterocycles. The van der Waals surface area contributed by atoms with E-state index in [1.54, 1.807) is 0 Å². The molecule has 0 bridgehead atoms. The van der Waals surface area contributed by atoms with E-state index in [1.165, 1.54) is 0 Å². The third-order valence-corrected chi connectivity index (χ3v) is 5.32. The predicted molar refractivity (Wildman–Crippen MR) is 125 cm³/mol. The molecule has 0 aliphatic carbocycles. The largest absolute Gasteiger partial charge is 0.368 e. The summed E-state index contributed by atoms with van der Waals surface area (Å²) in [6.45, 7) is 8.61. The number of amides is 2. The molecule has 2 aromatic rings. The normalized spacial score (nSPS) is 13.9. The van der Waals surface area contributed by atoms with Gasteiger partial charge in [0.15, 0.2) is 5.11 Å². The average molecular weight is 425 g/mol. The maximum atomic E-state index is 12.7. The highest BCUT2D eigenvalue weighted by Crippen LogP contribution is 2.20. The molecule has 1 fully saturated rings. The SMILES string of the molecule is Cc1ccc(C(=O)N2CCN(c3ccc(NC(=S)NC(=O)C(C)C)cc3)CC2)cc1. The Kier molecular flexibility index (Phi) is 7.05. The lowest BCUT2D eigenvalue weighted by Crippen LogP contribution is -2.48. The lowest BCUT2D eigenvalue weighted by atomic mass is 10.1. The van der Waals surface area contributed by atoms with E-state index in [1.807, 2.05) is 74.2 Å². The smallest absolute Gasteiger partial charge is 0.253 e. The fourth-order valence-corrected chi connectivity index (χ4v) is 3.44. The zero-order valence-electron chi connectivity index (χ0n) is 17.6. The monoisotopic (exact) mass is 424 g/mol. The van der Waals surface area contributed by atoms with Crippen LogP contribution >= 0.6 is 12.2 Å². The predicted octanol–water partition coefficient (Wildman–Crippen LogP) is 3.43. The second kappa shape index (κ2) is 9.71. The van der Waals surface area contributed by atoms with Gasteiger partial charge in [-0.2, -0.15) is 0 Å². The van der Waals surface area contributed by atoms with E-state index in [0.29, 0.717) is 18.2 Å². The first kappa shape index (κ1) is 21.8. The summed E-state index contributed by atoms with van der Waals surface area (Å²) in [7, 11) is 0. The third-order valence-electron chi connectivity index (χ3n) is 5.12. The summed E-state index contributed by atoms with van der Waals surface area (Å²) in [6, 6.07) is 15.6. The molecule has 0 saturated carbocycles. The summed E-state index contributed by atoms with van der Waals surface area (Å²) in [5, 5.41) is 6.00. The first-order valence-corrected chi connectivity index (χ1v) is 10.6. The molecule has 1 saturated heterocycles. The molecular formula is C23H28N4O2S. The lowest BCUT2D eigenvalue weighted by Gasteiger charge is -2.36. The number of hydrogen-bond donors (Lipinski definition) is 2. The first-order valence-electron chi connectivity index (χ1n) is 10.2. The molecular weight excluding hydrogens is 396 g/mol. The van der Waals surface area contributed by atoms with Crippen molar-refractivity contribution >= 4 is 40.5 Å². The summed E-state index contributed by atoms with van der Waals surface area (Å²) >= 11 is 5.18. The summed E-state index contributed by atoms with van der Waals surface area (Å²) in [5.41, 5.74) is 3.81. The molecule has 0 unspecified atom stereocenters. The number of nitrogens with one attached hydrogen (secondary N) is 2. The van der Waals surface area contributed by atoms with Crippen molar-refractivity contribution in [2.75, 3.05) is 36.4 Å². The van der Waals surface area contributed by atoms with Crippen molar-refractivity contribution < 1.29 is 9.59 Å². The quantitative estimate of drug-likeness (QED) is 0.737. The van der Waals surface area contributed by atoms with Gasteiger partial charge in [-0.3, -0.25) is 9.59 Å². The number of anilines is 2. The fraction of sp³-hybridized carbons (Fsp3) is 0.348. The van der Waals surface area contributed by atoms with Gasteiger partial charge in [0.05, 0.1) is 0 Å². The van der Waals surface area contributed by atoms with Crippen LogP contribution in [0.15, 0.2) is 48.5 Å². The van der Waals surface area contributed by atoms with Crippen LogP contribution in [0.4, 0.5) is 11.4 Å². The van der Waals surface area contributed by atoms with Crippen LogP contribution < -0.4 is 15.5 Å². The van der Waals surface area contributed by atoms with Gasteiger partial charge in [-0.15, -0.1) is 0 Å². The van der Waals surface area contributed by atoms with Crippen LogP contribution in [0.3, 0.4) is 0 Å². The number of hydrogen-bond acceptors (Lipinski definition) is 4. The van der Waals surface area contributed by atoms with Gasteiger partial charge in [0.25, 0.3) is 5.91 Å². The van der Waals surface area contributed by atoms with Gasteiger partial charge in [0.2, 0.25) is 5.91 Å². The van der Waals surface area contributed by atoms with Crippen molar-refractivity contribution in [3.8, 4) is 0 Å². The Hall–Kier alpha value is -2.93. The first-order chi connectivity index (χ1) is 14.3. The van der Waals surface area contributed by atoms with Gasteiger partial charge in [0, 0.05) is 49.0 Å². The van der Waals surface area contributed by atoms with E-state index in [4.69, 9.17) is 12.2 Å². The second-order valence-corrected chi connectivity index (χ2v) is 8.20. The molecule has 1 aliphatic heterocycles. The second-order valence-electron chi connectivity index (χ2n) is 7.79. The maximum absolute atomic E-state index is 12.7. The Bertz CT molecular complexity index is 902. The Morgan fingerprint density at radius 2 is 1.53 bits per heavy atom.